The van der Waals surface area contributed by atoms with Crippen molar-refractivity contribution >= 4 is 22.5 Å². The van der Waals surface area contributed by atoms with Crippen LogP contribution in [0.3, 0.4) is 0 Å². The molecule has 0 unspecified atom stereocenters. The molecule has 0 amide bonds. The Morgan fingerprint density at radius 1 is 1.50 bits per heavy atom. The molecular formula is C10H7ClN2O. The van der Waals surface area contributed by atoms with Gasteiger partial charge in [0.05, 0.1) is 23.0 Å². The molecule has 2 aromatic rings. The third-order valence-corrected chi connectivity index (χ3v) is 2.38. The topological polar surface area (TPSA) is 59.8 Å². The first kappa shape index (κ1) is 8.92. The summed E-state index contributed by atoms with van der Waals surface area (Å²) in [7, 11) is 0. The van der Waals surface area contributed by atoms with E-state index in [0.29, 0.717) is 11.4 Å². The van der Waals surface area contributed by atoms with Gasteiger partial charge in [0.15, 0.2) is 0 Å². The Morgan fingerprint density at radius 2 is 2.29 bits per heavy atom. The number of hydrogen-bond donors (Lipinski definition) is 2. The minimum absolute atomic E-state index is 0.112. The van der Waals surface area contributed by atoms with Gasteiger partial charge >= 0.3 is 0 Å². The number of rotatable bonds is 1. The smallest absolute Gasteiger partial charge is 0.117 e. The Balaban J connectivity index is 2.73. The van der Waals surface area contributed by atoms with E-state index in [-0.39, 0.29) is 5.75 Å². The number of nitrogens with zero attached hydrogens (tertiary/aromatic N) is 1. The summed E-state index contributed by atoms with van der Waals surface area (Å²) < 4.78 is 0. The van der Waals surface area contributed by atoms with E-state index >= 15 is 0 Å². The summed E-state index contributed by atoms with van der Waals surface area (Å²) >= 11 is 5.90. The number of aromatic nitrogens is 1. The molecule has 4 heteroatoms. The summed E-state index contributed by atoms with van der Waals surface area (Å²) in [6.45, 7) is 0. The molecule has 1 aromatic heterocycles. The van der Waals surface area contributed by atoms with E-state index in [9.17, 15) is 5.11 Å². The zero-order chi connectivity index (χ0) is 10.1. The second kappa shape index (κ2) is 3.24. The van der Waals surface area contributed by atoms with Gasteiger partial charge in [-0.3, -0.25) is 0 Å². The van der Waals surface area contributed by atoms with Crippen LogP contribution < -0.4 is 0 Å². The molecule has 0 fully saturated rings. The highest BCUT2D eigenvalue weighted by Crippen LogP contribution is 2.30. The van der Waals surface area contributed by atoms with Gasteiger partial charge in [0.25, 0.3) is 0 Å². The number of H-pyrrole nitrogens is 1. The highest BCUT2D eigenvalue weighted by molar-refractivity contribution is 6.35. The van der Waals surface area contributed by atoms with Crippen LogP contribution in [0.25, 0.3) is 10.9 Å². The fourth-order valence-electron chi connectivity index (χ4n) is 1.46. The van der Waals surface area contributed by atoms with E-state index in [1.807, 2.05) is 0 Å². The largest absolute Gasteiger partial charge is 0.508 e. The molecule has 0 radical (unpaired) electrons. The van der Waals surface area contributed by atoms with Crippen LogP contribution in [0, 0.1) is 11.3 Å². The van der Waals surface area contributed by atoms with Gasteiger partial charge in [0.1, 0.15) is 5.75 Å². The summed E-state index contributed by atoms with van der Waals surface area (Å²) in [5, 5.41) is 19.2. The maximum atomic E-state index is 9.34. The summed E-state index contributed by atoms with van der Waals surface area (Å²) in [6, 6.07) is 5.13. The van der Waals surface area contributed by atoms with Crippen LogP contribution in [0.15, 0.2) is 18.3 Å². The summed E-state index contributed by atoms with van der Waals surface area (Å²) in [5.74, 6) is 0.112. The predicted octanol–water partition coefficient (Wildman–Crippen LogP) is 2.59. The predicted molar refractivity (Wildman–Crippen MR) is 54.3 cm³/mol. The fourth-order valence-corrected chi connectivity index (χ4v) is 1.73. The van der Waals surface area contributed by atoms with E-state index < -0.39 is 0 Å². The molecule has 14 heavy (non-hydrogen) atoms. The van der Waals surface area contributed by atoms with Gasteiger partial charge in [0, 0.05) is 17.6 Å². The molecule has 2 N–H and O–H groups in total. The number of phenols is 1. The lowest BCUT2D eigenvalue weighted by atomic mass is 10.1. The van der Waals surface area contributed by atoms with Crippen LogP contribution in [0.5, 0.6) is 5.75 Å². The molecule has 2 rings (SSSR count). The number of nitrogens with one attached hydrogen (secondary N) is 1. The number of nitriles is 1. The maximum Gasteiger partial charge on any atom is 0.117 e. The zero-order valence-corrected chi connectivity index (χ0v) is 7.97. The van der Waals surface area contributed by atoms with Crippen molar-refractivity contribution in [2.75, 3.05) is 0 Å². The van der Waals surface area contributed by atoms with Gasteiger partial charge in [-0.15, -0.1) is 0 Å². The van der Waals surface area contributed by atoms with Crippen molar-refractivity contribution in [1.82, 2.24) is 4.98 Å². The average Bonchev–Trinajstić information content (AvgIpc) is 2.49. The van der Waals surface area contributed by atoms with Crippen LogP contribution in [0.2, 0.25) is 5.02 Å². The third-order valence-electron chi connectivity index (χ3n) is 2.08. The first-order chi connectivity index (χ1) is 6.72. The Bertz CT molecular complexity index is 525. The first-order valence-electron chi connectivity index (χ1n) is 4.08. The highest BCUT2D eigenvalue weighted by atomic mass is 35.5. The van der Waals surface area contributed by atoms with Gasteiger partial charge in [-0.1, -0.05) is 11.6 Å². The Morgan fingerprint density at radius 3 is 3.00 bits per heavy atom. The molecule has 0 spiro atoms. The molecule has 1 heterocycles. The summed E-state index contributed by atoms with van der Waals surface area (Å²) in [6.07, 6.45) is 2.04. The van der Waals surface area contributed by atoms with Crippen LogP contribution in [0.4, 0.5) is 0 Å². The molecule has 0 aliphatic rings. The zero-order valence-electron chi connectivity index (χ0n) is 7.21. The van der Waals surface area contributed by atoms with Crippen molar-refractivity contribution in [1.29, 1.82) is 5.26 Å². The minimum atomic E-state index is 0.112. The van der Waals surface area contributed by atoms with Crippen molar-refractivity contribution in [3.63, 3.8) is 0 Å². The molecule has 3 nitrogen and oxygen atoms in total. The van der Waals surface area contributed by atoms with Crippen molar-refractivity contribution < 1.29 is 5.11 Å². The van der Waals surface area contributed by atoms with Crippen molar-refractivity contribution in [3.05, 3.63) is 28.9 Å². The molecule has 0 aliphatic heterocycles. The standard InChI is InChI=1S/C10H7ClN2O/c11-9-4-7(14)3-8-6(1-2-12)5-13-10(8)9/h3-5,13-14H,1H2. The lowest BCUT2D eigenvalue weighted by Gasteiger charge is -1.97. The molecule has 0 saturated carbocycles. The second-order valence-corrected chi connectivity index (χ2v) is 3.41. The molecule has 1 aromatic carbocycles. The number of phenolic OH excluding ortho intramolecular Hbond substituents is 1. The van der Waals surface area contributed by atoms with E-state index in [1.165, 1.54) is 6.07 Å². The lowest BCUT2D eigenvalue weighted by Crippen LogP contribution is -1.77. The van der Waals surface area contributed by atoms with E-state index in [1.54, 1.807) is 12.3 Å². The average molecular weight is 207 g/mol. The van der Waals surface area contributed by atoms with Crippen molar-refractivity contribution in [3.8, 4) is 11.8 Å². The second-order valence-electron chi connectivity index (χ2n) is 3.00. The van der Waals surface area contributed by atoms with Gasteiger partial charge in [-0.2, -0.15) is 5.26 Å². The molecule has 0 atom stereocenters. The minimum Gasteiger partial charge on any atom is -0.508 e. The first-order valence-corrected chi connectivity index (χ1v) is 4.45. The number of aromatic hydroxyl groups is 1. The van der Waals surface area contributed by atoms with Crippen molar-refractivity contribution in [2.24, 2.45) is 0 Å². The molecule has 70 valence electrons. The summed E-state index contributed by atoms with van der Waals surface area (Å²) in [4.78, 5) is 2.97. The van der Waals surface area contributed by atoms with E-state index in [0.717, 1.165) is 16.5 Å². The normalized spacial score (nSPS) is 10.3. The number of halogens is 1. The summed E-state index contributed by atoms with van der Waals surface area (Å²) in [5.41, 5.74) is 1.61. The lowest BCUT2D eigenvalue weighted by molar-refractivity contribution is 0.476. The molecule has 0 bridgehead atoms. The number of hydrogen-bond acceptors (Lipinski definition) is 2. The van der Waals surface area contributed by atoms with Gasteiger partial charge < -0.3 is 10.1 Å². The van der Waals surface area contributed by atoms with Crippen LogP contribution >= 0.6 is 11.6 Å². The maximum absolute atomic E-state index is 9.34. The van der Waals surface area contributed by atoms with E-state index in [4.69, 9.17) is 16.9 Å². The van der Waals surface area contributed by atoms with E-state index in [2.05, 4.69) is 11.1 Å². The van der Waals surface area contributed by atoms with Crippen LogP contribution in [-0.2, 0) is 6.42 Å². The van der Waals surface area contributed by atoms with Crippen LogP contribution in [-0.4, -0.2) is 10.1 Å². The Labute approximate surface area is 85.5 Å². The molecule has 0 saturated heterocycles. The Hall–Kier alpha value is -1.66. The Kier molecular flexibility index (Phi) is 2.06. The highest BCUT2D eigenvalue weighted by Gasteiger charge is 2.07. The monoisotopic (exact) mass is 206 g/mol. The third kappa shape index (κ3) is 1.30. The quantitative estimate of drug-likeness (QED) is 0.754. The number of benzene rings is 1. The molecule has 0 aliphatic carbocycles. The van der Waals surface area contributed by atoms with Gasteiger partial charge in [0.2, 0.25) is 0 Å². The van der Waals surface area contributed by atoms with Crippen LogP contribution in [0.1, 0.15) is 5.56 Å². The SMILES string of the molecule is N#CCc1c[nH]c2c(Cl)cc(O)cc12. The fraction of sp³-hybridized carbons (Fsp3) is 0.100. The van der Waals surface area contributed by atoms with Gasteiger partial charge in [-0.25, -0.2) is 0 Å². The number of fused-ring (bicyclic) bond motifs is 1. The molecular weight excluding hydrogens is 200 g/mol. The number of aromatic amines is 1. The van der Waals surface area contributed by atoms with Crippen molar-refractivity contribution in [2.45, 2.75) is 6.42 Å². The van der Waals surface area contributed by atoms with Gasteiger partial charge in [-0.05, 0) is 11.6 Å².